The first-order valence-corrected chi connectivity index (χ1v) is 8.14. The highest BCUT2D eigenvalue weighted by molar-refractivity contribution is 7.20. The molecule has 0 unspecified atom stereocenters. The van der Waals surface area contributed by atoms with Crippen LogP contribution >= 0.6 is 11.3 Å². The summed E-state index contributed by atoms with van der Waals surface area (Å²) in [6, 6.07) is 1.25. The minimum absolute atomic E-state index is 0.0665. The second-order valence-electron chi connectivity index (χ2n) is 5.67. The normalized spacial score (nSPS) is 19.7. The fourth-order valence-corrected chi connectivity index (χ4v) is 3.73. The third-order valence-electron chi connectivity index (χ3n) is 3.87. The molecule has 3 rings (SSSR count). The van der Waals surface area contributed by atoms with E-state index in [9.17, 15) is 23.1 Å². The van der Waals surface area contributed by atoms with Gasteiger partial charge in [-0.2, -0.15) is 18.3 Å². The third-order valence-corrected chi connectivity index (χ3v) is 5.06. The van der Waals surface area contributed by atoms with Gasteiger partial charge in [-0.3, -0.25) is 9.48 Å². The number of aryl methyl sites for hydroxylation is 1. The summed E-state index contributed by atoms with van der Waals surface area (Å²) >= 11 is 0.984. The second kappa shape index (κ2) is 6.34. The Labute approximate surface area is 139 Å². The van der Waals surface area contributed by atoms with Crippen molar-refractivity contribution in [3.05, 3.63) is 16.6 Å². The fraction of sp³-hybridized carbons (Fsp3) is 0.571. The molecule has 1 aliphatic rings. The molecule has 0 bridgehead atoms. The van der Waals surface area contributed by atoms with Gasteiger partial charge >= 0.3 is 6.18 Å². The maximum Gasteiger partial charge on any atom is 0.435 e. The molecular formula is C14H16F3N3O3S. The molecule has 0 radical (unpaired) electrons. The zero-order chi connectivity index (χ0) is 17.5. The molecular weight excluding hydrogens is 347 g/mol. The van der Waals surface area contributed by atoms with Gasteiger partial charge in [-0.15, -0.1) is 11.3 Å². The Bertz CT molecular complexity index is 756. The van der Waals surface area contributed by atoms with Gasteiger partial charge in [0.25, 0.3) is 5.91 Å². The maximum atomic E-state index is 13.0. The summed E-state index contributed by atoms with van der Waals surface area (Å²) in [5.41, 5.74) is -0.984. The van der Waals surface area contributed by atoms with Gasteiger partial charge in [0, 0.05) is 38.0 Å². The second-order valence-corrected chi connectivity index (χ2v) is 6.70. The predicted octanol–water partition coefficient (Wildman–Crippen LogP) is 1.73. The monoisotopic (exact) mass is 363 g/mol. The molecule has 0 aliphatic carbocycles. The Morgan fingerprint density at radius 2 is 2.29 bits per heavy atom. The molecule has 1 fully saturated rings. The lowest BCUT2D eigenvalue weighted by Gasteiger charge is -2.21. The first-order valence-electron chi connectivity index (χ1n) is 7.33. The highest BCUT2D eigenvalue weighted by Gasteiger charge is 2.38. The van der Waals surface area contributed by atoms with Crippen molar-refractivity contribution in [2.24, 2.45) is 13.0 Å². The summed E-state index contributed by atoms with van der Waals surface area (Å²) in [6.07, 6.45) is -4.57. The van der Waals surface area contributed by atoms with Gasteiger partial charge in [-0.25, -0.2) is 0 Å². The van der Waals surface area contributed by atoms with E-state index in [0.29, 0.717) is 31.1 Å². The first-order chi connectivity index (χ1) is 11.3. The molecule has 2 aromatic rings. The van der Waals surface area contributed by atoms with Crippen molar-refractivity contribution in [3.63, 3.8) is 0 Å². The maximum absolute atomic E-state index is 13.0. The number of aromatic nitrogens is 2. The fourth-order valence-electron chi connectivity index (χ4n) is 2.69. The summed E-state index contributed by atoms with van der Waals surface area (Å²) in [5, 5.41) is 12.7. The molecule has 1 saturated heterocycles. The number of amides is 1. The van der Waals surface area contributed by atoms with E-state index in [4.69, 9.17) is 4.74 Å². The zero-order valence-electron chi connectivity index (χ0n) is 12.8. The van der Waals surface area contributed by atoms with Crippen LogP contribution in [0.4, 0.5) is 13.2 Å². The Kier molecular flexibility index (Phi) is 4.54. The number of halogens is 3. The molecule has 132 valence electrons. The molecule has 10 heteroatoms. The molecule has 1 amide bonds. The average molecular weight is 363 g/mol. The standard InChI is InChI=1S/C14H16F3N3O3S/c1-19-13-9(11(18-19)14(15,16)17)4-10(24-13)12(22)20-2-3-23-7-8(5-20)6-21/h4,8,21H,2-3,5-7H2,1H3/t8-/m1/s1. The van der Waals surface area contributed by atoms with Gasteiger partial charge in [-0.05, 0) is 6.07 Å². The van der Waals surface area contributed by atoms with Gasteiger partial charge in [0.05, 0.1) is 18.1 Å². The number of aliphatic hydroxyl groups excluding tert-OH is 1. The number of ether oxygens (including phenoxy) is 1. The number of thiophene rings is 1. The Hall–Kier alpha value is -1.65. The van der Waals surface area contributed by atoms with Crippen LogP contribution in [0.5, 0.6) is 0 Å². The number of aliphatic hydroxyl groups is 1. The smallest absolute Gasteiger partial charge is 0.396 e. The highest BCUT2D eigenvalue weighted by atomic mass is 32.1. The van der Waals surface area contributed by atoms with E-state index in [1.807, 2.05) is 0 Å². The summed E-state index contributed by atoms with van der Waals surface area (Å²) in [4.78, 5) is 14.7. The van der Waals surface area contributed by atoms with Crippen LogP contribution in [0.25, 0.3) is 10.2 Å². The topological polar surface area (TPSA) is 67.6 Å². The van der Waals surface area contributed by atoms with Crippen molar-refractivity contribution >= 4 is 27.5 Å². The van der Waals surface area contributed by atoms with E-state index in [-0.39, 0.29) is 28.7 Å². The molecule has 0 saturated carbocycles. The first kappa shape index (κ1) is 17.2. The number of carbonyl (C=O) groups excluding carboxylic acids is 1. The van der Waals surface area contributed by atoms with Crippen LogP contribution in [0.1, 0.15) is 15.4 Å². The molecule has 1 N–H and O–H groups in total. The highest BCUT2D eigenvalue weighted by Crippen LogP contribution is 2.37. The minimum Gasteiger partial charge on any atom is -0.396 e. The molecule has 1 aliphatic heterocycles. The molecule has 24 heavy (non-hydrogen) atoms. The lowest BCUT2D eigenvalue weighted by atomic mass is 10.1. The molecule has 6 nitrogen and oxygen atoms in total. The number of fused-ring (bicyclic) bond motifs is 1. The number of rotatable bonds is 2. The van der Waals surface area contributed by atoms with Crippen molar-refractivity contribution in [3.8, 4) is 0 Å². The molecule has 1 atom stereocenters. The van der Waals surface area contributed by atoms with Gasteiger partial charge in [0.2, 0.25) is 0 Å². The van der Waals surface area contributed by atoms with Gasteiger partial charge in [0.1, 0.15) is 4.83 Å². The summed E-state index contributed by atoms with van der Waals surface area (Å²) in [7, 11) is 1.42. The Morgan fingerprint density at radius 3 is 2.96 bits per heavy atom. The largest absolute Gasteiger partial charge is 0.435 e. The van der Waals surface area contributed by atoms with Gasteiger partial charge in [0.15, 0.2) is 5.69 Å². The van der Waals surface area contributed by atoms with Crippen molar-refractivity contribution in [2.45, 2.75) is 6.18 Å². The van der Waals surface area contributed by atoms with Crippen molar-refractivity contribution in [1.82, 2.24) is 14.7 Å². The van der Waals surface area contributed by atoms with Crippen LogP contribution in [-0.2, 0) is 18.0 Å². The number of hydrogen-bond acceptors (Lipinski definition) is 5. The van der Waals surface area contributed by atoms with Crippen molar-refractivity contribution in [2.75, 3.05) is 32.9 Å². The van der Waals surface area contributed by atoms with Crippen LogP contribution in [0.2, 0.25) is 0 Å². The van der Waals surface area contributed by atoms with Crippen LogP contribution in [0, 0.1) is 5.92 Å². The van der Waals surface area contributed by atoms with Crippen LogP contribution < -0.4 is 0 Å². The SMILES string of the molecule is Cn1nc(C(F)(F)F)c2cc(C(=O)N3CCOC[C@@H](CO)C3)sc21. The van der Waals surface area contributed by atoms with E-state index in [0.717, 1.165) is 16.0 Å². The van der Waals surface area contributed by atoms with Crippen LogP contribution in [-0.4, -0.2) is 58.6 Å². The summed E-state index contributed by atoms with van der Waals surface area (Å²) in [6.45, 7) is 1.23. The predicted molar refractivity (Wildman–Crippen MR) is 80.9 cm³/mol. The quantitative estimate of drug-likeness (QED) is 0.883. The number of carbonyl (C=O) groups is 1. The summed E-state index contributed by atoms with van der Waals surface area (Å²) in [5.74, 6) is -0.550. The van der Waals surface area contributed by atoms with Crippen LogP contribution in [0.15, 0.2) is 6.07 Å². The van der Waals surface area contributed by atoms with E-state index in [1.165, 1.54) is 18.0 Å². The lowest BCUT2D eigenvalue weighted by Crippen LogP contribution is -2.36. The lowest BCUT2D eigenvalue weighted by molar-refractivity contribution is -0.140. The van der Waals surface area contributed by atoms with E-state index < -0.39 is 11.9 Å². The Morgan fingerprint density at radius 1 is 1.54 bits per heavy atom. The average Bonchev–Trinajstić information content (AvgIpc) is 2.98. The Balaban J connectivity index is 1.93. The number of alkyl halides is 3. The van der Waals surface area contributed by atoms with E-state index >= 15 is 0 Å². The van der Waals surface area contributed by atoms with Gasteiger partial charge < -0.3 is 14.7 Å². The number of nitrogens with zero attached hydrogens (tertiary/aromatic N) is 3. The summed E-state index contributed by atoms with van der Waals surface area (Å²) < 4.78 is 45.6. The molecule has 3 heterocycles. The third kappa shape index (κ3) is 3.13. The zero-order valence-corrected chi connectivity index (χ0v) is 13.7. The van der Waals surface area contributed by atoms with Crippen molar-refractivity contribution < 1.29 is 27.8 Å². The molecule has 0 spiro atoms. The van der Waals surface area contributed by atoms with E-state index in [1.54, 1.807) is 0 Å². The van der Waals surface area contributed by atoms with Gasteiger partial charge in [-0.1, -0.05) is 0 Å². The molecule has 0 aromatic carbocycles. The van der Waals surface area contributed by atoms with Crippen LogP contribution in [0.3, 0.4) is 0 Å². The minimum atomic E-state index is -4.57. The van der Waals surface area contributed by atoms with Crippen molar-refractivity contribution in [1.29, 1.82) is 0 Å². The number of hydrogen-bond donors (Lipinski definition) is 1. The van der Waals surface area contributed by atoms with E-state index in [2.05, 4.69) is 5.10 Å². The molecule has 2 aromatic heterocycles.